The Morgan fingerprint density at radius 2 is 1.77 bits per heavy atom. The van der Waals surface area contributed by atoms with Gasteiger partial charge in [-0.15, -0.1) is 0 Å². The van der Waals surface area contributed by atoms with Crippen LogP contribution in [-0.2, 0) is 6.42 Å². The van der Waals surface area contributed by atoms with Crippen LogP contribution in [-0.4, -0.2) is 13.1 Å². The van der Waals surface area contributed by atoms with Crippen LogP contribution in [0.25, 0.3) is 11.3 Å². The van der Waals surface area contributed by atoms with Gasteiger partial charge < -0.3 is 0 Å². The highest BCUT2D eigenvalue weighted by Gasteiger charge is 2.24. The molecule has 0 bridgehead atoms. The maximum absolute atomic E-state index is 13.5. The van der Waals surface area contributed by atoms with Crippen LogP contribution in [0.5, 0.6) is 0 Å². The number of halogens is 1. The predicted octanol–water partition coefficient (Wildman–Crippen LogP) is 5.02. The molecule has 0 aliphatic rings. The minimum absolute atomic E-state index is 0.217. The first-order chi connectivity index (χ1) is 10.1. The van der Waals surface area contributed by atoms with Crippen LogP contribution in [0.15, 0.2) is 36.5 Å². The molecule has 1 aromatic heterocycles. The van der Waals surface area contributed by atoms with E-state index in [2.05, 4.69) is 51.5 Å². The third-order valence-electron chi connectivity index (χ3n) is 3.64. The highest BCUT2D eigenvalue weighted by atomic mass is 28.3. The van der Waals surface area contributed by atoms with E-state index < -0.39 is 8.07 Å². The predicted molar refractivity (Wildman–Crippen MR) is 95.8 cm³/mol. The largest absolute Gasteiger partial charge is 0.256 e. The fraction of sp³-hybridized carbons (Fsp3) is 0.421. The Morgan fingerprint density at radius 3 is 2.32 bits per heavy atom. The SMILES string of the molecule is CC(C)(C)Cc1cc(-c2cccc(F)c2)ncc1[Si](C)(C)C. The maximum Gasteiger partial charge on any atom is 0.123 e. The fourth-order valence-corrected chi connectivity index (χ4v) is 4.27. The summed E-state index contributed by atoms with van der Waals surface area (Å²) in [4.78, 5) is 4.62. The first kappa shape index (κ1) is 16.9. The molecule has 0 aliphatic heterocycles. The van der Waals surface area contributed by atoms with Crippen molar-refractivity contribution in [3.05, 3.63) is 47.9 Å². The molecule has 0 radical (unpaired) electrons. The van der Waals surface area contributed by atoms with E-state index in [4.69, 9.17) is 0 Å². The van der Waals surface area contributed by atoms with Gasteiger partial charge in [0.25, 0.3) is 0 Å². The van der Waals surface area contributed by atoms with Gasteiger partial charge in [0.05, 0.1) is 13.8 Å². The van der Waals surface area contributed by atoms with E-state index in [0.717, 1.165) is 17.7 Å². The van der Waals surface area contributed by atoms with Gasteiger partial charge in [-0.2, -0.15) is 0 Å². The smallest absolute Gasteiger partial charge is 0.123 e. The Bertz CT molecular complexity index is 666. The highest BCUT2D eigenvalue weighted by Crippen LogP contribution is 2.25. The molecule has 2 rings (SSSR count). The summed E-state index contributed by atoms with van der Waals surface area (Å²) in [5, 5.41) is 1.41. The van der Waals surface area contributed by atoms with Gasteiger partial charge in [-0.1, -0.05) is 52.5 Å². The molecule has 1 nitrogen and oxygen atoms in total. The van der Waals surface area contributed by atoms with E-state index in [1.54, 1.807) is 12.1 Å². The summed E-state index contributed by atoms with van der Waals surface area (Å²) in [5.74, 6) is -0.217. The van der Waals surface area contributed by atoms with E-state index in [0.29, 0.717) is 0 Å². The molecule has 0 unspecified atom stereocenters. The lowest BCUT2D eigenvalue weighted by molar-refractivity contribution is 0.412. The first-order valence-electron chi connectivity index (χ1n) is 7.82. The minimum atomic E-state index is -1.45. The zero-order valence-corrected chi connectivity index (χ0v) is 15.5. The van der Waals surface area contributed by atoms with Gasteiger partial charge in [-0.05, 0) is 40.8 Å². The van der Waals surface area contributed by atoms with Gasteiger partial charge in [-0.25, -0.2) is 4.39 Å². The first-order valence-corrected chi connectivity index (χ1v) is 11.3. The molecule has 0 amide bonds. The monoisotopic (exact) mass is 315 g/mol. The molecule has 22 heavy (non-hydrogen) atoms. The standard InChI is InChI=1S/C19H26FNSi/c1-19(2,3)12-15-11-17(14-8-7-9-16(20)10-14)21-13-18(15)22(4,5)6/h7-11,13H,12H2,1-6H3. The molecule has 0 saturated carbocycles. The van der Waals surface area contributed by atoms with Crippen LogP contribution in [0.1, 0.15) is 26.3 Å². The third kappa shape index (κ3) is 4.26. The molecule has 1 aromatic carbocycles. The average molecular weight is 316 g/mol. The molecular formula is C19H26FNSi. The average Bonchev–Trinajstić information content (AvgIpc) is 2.35. The molecule has 118 valence electrons. The molecule has 0 atom stereocenters. The van der Waals surface area contributed by atoms with Crippen molar-refractivity contribution >= 4 is 13.3 Å². The maximum atomic E-state index is 13.5. The number of aromatic nitrogens is 1. The number of nitrogens with zero attached hydrogens (tertiary/aromatic N) is 1. The second kappa shape index (κ2) is 5.96. The van der Waals surface area contributed by atoms with Crippen molar-refractivity contribution in [3.8, 4) is 11.3 Å². The van der Waals surface area contributed by atoms with Gasteiger partial charge in [0.1, 0.15) is 5.82 Å². The van der Waals surface area contributed by atoms with Crippen LogP contribution in [0, 0.1) is 11.2 Å². The van der Waals surface area contributed by atoms with Crippen LogP contribution in [0.3, 0.4) is 0 Å². The summed E-state index contributed by atoms with van der Waals surface area (Å²) in [6.45, 7) is 13.8. The van der Waals surface area contributed by atoms with E-state index >= 15 is 0 Å². The molecule has 1 heterocycles. The van der Waals surface area contributed by atoms with Crippen molar-refractivity contribution in [2.75, 3.05) is 0 Å². The highest BCUT2D eigenvalue weighted by molar-refractivity contribution is 6.89. The Balaban J connectivity index is 2.54. The Hall–Kier alpha value is -1.48. The molecule has 0 N–H and O–H groups in total. The van der Waals surface area contributed by atoms with E-state index in [9.17, 15) is 4.39 Å². The molecular weight excluding hydrogens is 289 g/mol. The number of pyridine rings is 1. The van der Waals surface area contributed by atoms with Crippen molar-refractivity contribution < 1.29 is 4.39 Å². The Labute approximate surface area is 134 Å². The van der Waals surface area contributed by atoms with Crippen molar-refractivity contribution in [1.29, 1.82) is 0 Å². The lowest BCUT2D eigenvalue weighted by atomic mass is 9.88. The van der Waals surface area contributed by atoms with Crippen molar-refractivity contribution in [3.63, 3.8) is 0 Å². The fourth-order valence-electron chi connectivity index (χ4n) is 2.70. The molecule has 0 saturated heterocycles. The van der Waals surface area contributed by atoms with Gasteiger partial charge in [0, 0.05) is 11.8 Å². The summed E-state index contributed by atoms with van der Waals surface area (Å²) in [5.41, 5.74) is 3.29. The van der Waals surface area contributed by atoms with E-state index in [1.165, 1.54) is 16.8 Å². The lowest BCUT2D eigenvalue weighted by Crippen LogP contribution is -2.41. The number of hydrogen-bond acceptors (Lipinski definition) is 1. The quantitative estimate of drug-likeness (QED) is 0.725. The van der Waals surface area contributed by atoms with Gasteiger partial charge in [0.15, 0.2) is 0 Å². The topological polar surface area (TPSA) is 12.9 Å². The van der Waals surface area contributed by atoms with E-state index in [-0.39, 0.29) is 11.2 Å². The summed E-state index contributed by atoms with van der Waals surface area (Å²) in [6.07, 6.45) is 3.03. The zero-order chi connectivity index (χ0) is 16.5. The number of rotatable bonds is 3. The molecule has 0 spiro atoms. The summed E-state index contributed by atoms with van der Waals surface area (Å²) < 4.78 is 13.5. The van der Waals surface area contributed by atoms with Gasteiger partial charge >= 0.3 is 0 Å². The van der Waals surface area contributed by atoms with Gasteiger partial charge in [-0.3, -0.25) is 4.98 Å². The third-order valence-corrected chi connectivity index (χ3v) is 5.71. The Kier molecular flexibility index (Phi) is 4.57. The number of hydrogen-bond donors (Lipinski definition) is 0. The second-order valence-electron chi connectivity index (χ2n) is 8.22. The van der Waals surface area contributed by atoms with Crippen LogP contribution >= 0.6 is 0 Å². The second-order valence-corrected chi connectivity index (χ2v) is 13.3. The van der Waals surface area contributed by atoms with Crippen molar-refractivity contribution in [2.45, 2.75) is 46.8 Å². The summed E-state index contributed by atoms with van der Waals surface area (Å²) in [7, 11) is -1.45. The molecule has 2 aromatic rings. The van der Waals surface area contributed by atoms with Crippen LogP contribution < -0.4 is 5.19 Å². The number of benzene rings is 1. The minimum Gasteiger partial charge on any atom is -0.256 e. The van der Waals surface area contributed by atoms with Gasteiger partial charge in [0.2, 0.25) is 0 Å². The normalized spacial score (nSPS) is 12.5. The summed E-state index contributed by atoms with van der Waals surface area (Å²) in [6, 6.07) is 8.84. The van der Waals surface area contributed by atoms with Crippen molar-refractivity contribution in [2.24, 2.45) is 5.41 Å². The molecule has 0 aliphatic carbocycles. The molecule has 3 heteroatoms. The van der Waals surface area contributed by atoms with Crippen LogP contribution in [0.4, 0.5) is 4.39 Å². The van der Waals surface area contributed by atoms with Crippen LogP contribution in [0.2, 0.25) is 19.6 Å². The summed E-state index contributed by atoms with van der Waals surface area (Å²) >= 11 is 0. The van der Waals surface area contributed by atoms with Crippen molar-refractivity contribution in [1.82, 2.24) is 4.98 Å². The Morgan fingerprint density at radius 1 is 1.09 bits per heavy atom. The zero-order valence-electron chi connectivity index (χ0n) is 14.5. The lowest BCUT2D eigenvalue weighted by Gasteiger charge is -2.26. The molecule has 0 fully saturated rings. The van der Waals surface area contributed by atoms with E-state index in [1.807, 2.05) is 12.3 Å².